The topological polar surface area (TPSA) is 34.0 Å². The fraction of sp³-hybridized carbons (Fsp3) is 0.250. The van der Waals surface area contributed by atoms with E-state index in [-0.39, 0.29) is 0 Å². The zero-order valence-electron chi connectivity index (χ0n) is 12.3. The maximum atomic E-state index is 6.06. The van der Waals surface area contributed by atoms with Gasteiger partial charge in [0, 0.05) is 31.7 Å². The lowest BCUT2D eigenvalue weighted by Crippen LogP contribution is -2.08. The van der Waals surface area contributed by atoms with Crippen LogP contribution in [0, 0.1) is 6.92 Å². The molecule has 4 nitrogen and oxygen atoms in total. The minimum atomic E-state index is 0.352. The summed E-state index contributed by atoms with van der Waals surface area (Å²) in [7, 11) is 4.05. The maximum Gasteiger partial charge on any atom is 0.164 e. The maximum absolute atomic E-state index is 6.06. The molecule has 0 saturated carbocycles. The van der Waals surface area contributed by atoms with Crippen molar-refractivity contribution in [2.24, 2.45) is 0 Å². The van der Waals surface area contributed by atoms with E-state index in [0.717, 1.165) is 33.9 Å². The highest BCUT2D eigenvalue weighted by molar-refractivity contribution is 6.16. The highest BCUT2D eigenvalue weighted by atomic mass is 35.5. The Labute approximate surface area is 129 Å². The molecule has 0 bridgehead atoms. The molecule has 0 fully saturated rings. The van der Waals surface area contributed by atoms with Gasteiger partial charge in [-0.15, -0.1) is 11.6 Å². The van der Waals surface area contributed by atoms with Gasteiger partial charge in [0.2, 0.25) is 0 Å². The van der Waals surface area contributed by atoms with Crippen molar-refractivity contribution in [3.63, 3.8) is 0 Å². The summed E-state index contributed by atoms with van der Waals surface area (Å²) in [5.74, 6) is 1.16. The molecule has 3 aromatic rings. The Balaban J connectivity index is 2.18. The first-order valence-corrected chi connectivity index (χ1v) is 7.31. The number of benzene rings is 1. The number of nitrogens with zero attached hydrogens (tertiary/aromatic N) is 4. The molecule has 2 heterocycles. The molecule has 0 unspecified atom stereocenters. The molecule has 0 amide bonds. The van der Waals surface area contributed by atoms with Gasteiger partial charge >= 0.3 is 0 Å². The number of fused-ring (bicyclic) bond motifs is 1. The van der Waals surface area contributed by atoms with Gasteiger partial charge in [0.25, 0.3) is 0 Å². The SMILES string of the molecule is Cc1cnc2c(c1)nc(CCl)n2-c1ccc(N(C)C)cc1. The molecular formula is C16H17ClN4. The Morgan fingerprint density at radius 2 is 1.90 bits per heavy atom. The lowest BCUT2D eigenvalue weighted by molar-refractivity contribution is 0.968. The molecule has 0 radical (unpaired) electrons. The Morgan fingerprint density at radius 3 is 2.52 bits per heavy atom. The minimum Gasteiger partial charge on any atom is -0.378 e. The van der Waals surface area contributed by atoms with Crippen molar-refractivity contribution in [1.82, 2.24) is 14.5 Å². The van der Waals surface area contributed by atoms with Crippen LogP contribution in [0.5, 0.6) is 0 Å². The summed E-state index contributed by atoms with van der Waals surface area (Å²) in [6, 6.07) is 10.3. The molecule has 0 atom stereocenters. The van der Waals surface area contributed by atoms with E-state index >= 15 is 0 Å². The highest BCUT2D eigenvalue weighted by Gasteiger charge is 2.13. The standard InChI is InChI=1S/C16H17ClN4/c1-11-8-14-16(18-10-11)21(15(9-17)19-14)13-6-4-12(5-7-13)20(2)3/h4-8,10H,9H2,1-3H3. The number of alkyl halides is 1. The largest absolute Gasteiger partial charge is 0.378 e. The second kappa shape index (κ2) is 5.37. The number of rotatable bonds is 3. The first kappa shape index (κ1) is 13.9. The van der Waals surface area contributed by atoms with Crippen molar-refractivity contribution in [2.45, 2.75) is 12.8 Å². The fourth-order valence-corrected chi connectivity index (χ4v) is 2.55. The summed E-state index contributed by atoms with van der Waals surface area (Å²) in [5.41, 5.74) is 4.99. The van der Waals surface area contributed by atoms with Crippen LogP contribution >= 0.6 is 11.6 Å². The summed E-state index contributed by atoms with van der Waals surface area (Å²) in [6.07, 6.45) is 1.85. The molecule has 0 aliphatic rings. The van der Waals surface area contributed by atoms with E-state index in [1.54, 1.807) is 0 Å². The summed E-state index contributed by atoms with van der Waals surface area (Å²) in [4.78, 5) is 11.2. The summed E-state index contributed by atoms with van der Waals surface area (Å²) in [6.45, 7) is 2.01. The minimum absolute atomic E-state index is 0.352. The van der Waals surface area contributed by atoms with E-state index in [1.807, 2.05) is 37.8 Å². The van der Waals surface area contributed by atoms with Gasteiger partial charge in [0.05, 0.1) is 5.88 Å². The normalized spacial score (nSPS) is 11.0. The van der Waals surface area contributed by atoms with Crippen molar-refractivity contribution < 1.29 is 0 Å². The van der Waals surface area contributed by atoms with Gasteiger partial charge in [-0.05, 0) is 42.8 Å². The van der Waals surface area contributed by atoms with Crippen LogP contribution in [0.3, 0.4) is 0 Å². The Morgan fingerprint density at radius 1 is 1.19 bits per heavy atom. The zero-order chi connectivity index (χ0) is 15.0. The lowest BCUT2D eigenvalue weighted by Gasteiger charge is -2.13. The predicted molar refractivity (Wildman–Crippen MR) is 87.5 cm³/mol. The van der Waals surface area contributed by atoms with Crippen LogP contribution in [-0.4, -0.2) is 28.6 Å². The van der Waals surface area contributed by atoms with Crippen LogP contribution < -0.4 is 4.90 Å². The molecule has 1 aromatic carbocycles. The van der Waals surface area contributed by atoms with Crippen molar-refractivity contribution in [1.29, 1.82) is 0 Å². The van der Waals surface area contributed by atoms with Crippen LogP contribution in [0.2, 0.25) is 0 Å². The first-order valence-electron chi connectivity index (χ1n) is 6.78. The molecule has 2 aromatic heterocycles. The van der Waals surface area contributed by atoms with Gasteiger partial charge in [0.1, 0.15) is 11.3 Å². The fourth-order valence-electron chi connectivity index (χ4n) is 2.37. The van der Waals surface area contributed by atoms with Crippen molar-refractivity contribution in [2.75, 3.05) is 19.0 Å². The van der Waals surface area contributed by atoms with E-state index < -0.39 is 0 Å². The molecule has 0 N–H and O–H groups in total. The summed E-state index contributed by atoms with van der Waals surface area (Å²) < 4.78 is 2.02. The zero-order valence-corrected chi connectivity index (χ0v) is 13.1. The van der Waals surface area contributed by atoms with Crippen molar-refractivity contribution in [3.05, 3.63) is 47.9 Å². The van der Waals surface area contributed by atoms with Gasteiger partial charge in [-0.25, -0.2) is 9.97 Å². The van der Waals surface area contributed by atoms with E-state index in [2.05, 4.69) is 39.1 Å². The third-order valence-corrected chi connectivity index (χ3v) is 3.69. The number of halogens is 1. The number of aryl methyl sites for hydroxylation is 1. The van der Waals surface area contributed by atoms with Gasteiger partial charge in [-0.2, -0.15) is 0 Å². The molecule has 0 aliphatic heterocycles. The van der Waals surface area contributed by atoms with Crippen LogP contribution in [0.25, 0.3) is 16.9 Å². The third kappa shape index (κ3) is 2.47. The second-order valence-electron chi connectivity index (χ2n) is 5.26. The monoisotopic (exact) mass is 300 g/mol. The molecule has 3 rings (SSSR count). The van der Waals surface area contributed by atoms with Crippen LogP contribution in [0.1, 0.15) is 11.4 Å². The smallest absolute Gasteiger partial charge is 0.164 e. The number of aromatic nitrogens is 3. The van der Waals surface area contributed by atoms with Crippen LogP contribution in [0.15, 0.2) is 36.5 Å². The highest BCUT2D eigenvalue weighted by Crippen LogP contribution is 2.23. The van der Waals surface area contributed by atoms with E-state index in [4.69, 9.17) is 11.6 Å². The number of hydrogen-bond donors (Lipinski definition) is 0. The Kier molecular flexibility index (Phi) is 3.55. The third-order valence-electron chi connectivity index (χ3n) is 3.45. The number of anilines is 1. The van der Waals surface area contributed by atoms with Crippen molar-refractivity contribution in [3.8, 4) is 5.69 Å². The molecule has 108 valence electrons. The van der Waals surface area contributed by atoms with Gasteiger partial charge in [-0.1, -0.05) is 0 Å². The summed E-state index contributed by atoms with van der Waals surface area (Å²) in [5, 5.41) is 0. The number of imidazole rings is 1. The number of hydrogen-bond acceptors (Lipinski definition) is 3. The molecule has 0 aliphatic carbocycles. The second-order valence-corrected chi connectivity index (χ2v) is 5.53. The molecule has 0 saturated heterocycles. The van der Waals surface area contributed by atoms with Crippen LogP contribution in [-0.2, 0) is 5.88 Å². The van der Waals surface area contributed by atoms with Crippen LogP contribution in [0.4, 0.5) is 5.69 Å². The first-order chi connectivity index (χ1) is 10.1. The molecular weight excluding hydrogens is 284 g/mol. The lowest BCUT2D eigenvalue weighted by atomic mass is 10.2. The predicted octanol–water partition coefficient (Wildman–Crippen LogP) is 3.53. The quantitative estimate of drug-likeness (QED) is 0.694. The van der Waals surface area contributed by atoms with Crippen molar-refractivity contribution >= 4 is 28.5 Å². The summed E-state index contributed by atoms with van der Waals surface area (Å²) >= 11 is 6.06. The molecule has 0 spiro atoms. The van der Waals surface area contributed by atoms with E-state index in [1.165, 1.54) is 0 Å². The average molecular weight is 301 g/mol. The molecule has 5 heteroatoms. The average Bonchev–Trinajstić information content (AvgIpc) is 2.84. The van der Waals surface area contributed by atoms with Gasteiger partial charge < -0.3 is 4.90 Å². The van der Waals surface area contributed by atoms with Gasteiger partial charge in [0.15, 0.2) is 5.65 Å². The number of pyridine rings is 1. The Hall–Kier alpha value is -2.07. The van der Waals surface area contributed by atoms with E-state index in [0.29, 0.717) is 5.88 Å². The van der Waals surface area contributed by atoms with E-state index in [9.17, 15) is 0 Å². The molecule has 21 heavy (non-hydrogen) atoms. The van der Waals surface area contributed by atoms with Gasteiger partial charge in [-0.3, -0.25) is 4.57 Å². The Bertz CT molecular complexity index is 775.